The third-order valence-electron chi connectivity index (χ3n) is 2.27. The second kappa shape index (κ2) is 8.03. The van der Waals surface area contributed by atoms with Crippen molar-refractivity contribution in [3.63, 3.8) is 0 Å². The molecule has 0 saturated heterocycles. The number of rotatable bonds is 8. The molecule has 0 saturated carbocycles. The quantitative estimate of drug-likeness (QED) is 0.487. The zero-order valence-corrected chi connectivity index (χ0v) is 9.62. The maximum atomic E-state index is 9.60. The highest BCUT2D eigenvalue weighted by atomic mass is 16.5. The van der Waals surface area contributed by atoms with Crippen molar-refractivity contribution in [1.29, 1.82) is 0 Å². The van der Waals surface area contributed by atoms with Crippen molar-refractivity contribution in [2.24, 2.45) is 0 Å². The molecule has 4 N–H and O–H groups in total. The van der Waals surface area contributed by atoms with Crippen molar-refractivity contribution in [2.45, 2.75) is 12.1 Å². The van der Waals surface area contributed by atoms with Gasteiger partial charge in [-0.1, -0.05) is 18.2 Å². The van der Waals surface area contributed by atoms with Crippen LogP contribution >= 0.6 is 0 Å². The minimum Gasteiger partial charge on any atom is -0.491 e. The molecule has 0 aliphatic rings. The maximum Gasteiger partial charge on any atom is 0.119 e. The van der Waals surface area contributed by atoms with Gasteiger partial charge in [-0.15, -0.1) is 0 Å². The molecule has 0 heterocycles. The highest BCUT2D eigenvalue weighted by Crippen LogP contribution is 2.08. The average molecular weight is 241 g/mol. The molecule has 17 heavy (non-hydrogen) atoms. The van der Waals surface area contributed by atoms with Gasteiger partial charge in [0.2, 0.25) is 0 Å². The van der Waals surface area contributed by atoms with Gasteiger partial charge in [0.1, 0.15) is 18.5 Å². The summed E-state index contributed by atoms with van der Waals surface area (Å²) in [4.78, 5) is 0. The van der Waals surface area contributed by atoms with Gasteiger partial charge in [0.25, 0.3) is 0 Å². The SMILES string of the molecule is OCC(CO)NCC(O)COc1ccccc1. The van der Waals surface area contributed by atoms with E-state index in [1.165, 1.54) is 0 Å². The van der Waals surface area contributed by atoms with E-state index in [-0.39, 0.29) is 26.4 Å². The van der Waals surface area contributed by atoms with E-state index >= 15 is 0 Å². The molecule has 1 aromatic rings. The molecule has 5 nitrogen and oxygen atoms in total. The molecule has 0 bridgehead atoms. The maximum absolute atomic E-state index is 9.60. The number of ether oxygens (including phenoxy) is 1. The standard InChI is InChI=1S/C12H19NO4/c14-7-10(8-15)13-6-11(16)9-17-12-4-2-1-3-5-12/h1-5,10-11,13-16H,6-9H2. The summed E-state index contributed by atoms with van der Waals surface area (Å²) in [6.45, 7) is 0.102. The highest BCUT2D eigenvalue weighted by Gasteiger charge is 2.09. The van der Waals surface area contributed by atoms with Crippen molar-refractivity contribution in [2.75, 3.05) is 26.4 Å². The molecule has 0 aliphatic heterocycles. The van der Waals surface area contributed by atoms with Gasteiger partial charge in [0.05, 0.1) is 19.3 Å². The van der Waals surface area contributed by atoms with E-state index < -0.39 is 12.1 Å². The highest BCUT2D eigenvalue weighted by molar-refractivity contribution is 5.20. The Balaban J connectivity index is 2.19. The normalized spacial score (nSPS) is 12.7. The van der Waals surface area contributed by atoms with Crippen LogP contribution in [0.5, 0.6) is 5.75 Å². The molecular formula is C12H19NO4. The summed E-state index contributed by atoms with van der Waals surface area (Å²) in [7, 11) is 0. The van der Waals surface area contributed by atoms with Gasteiger partial charge in [-0.25, -0.2) is 0 Å². The number of para-hydroxylation sites is 1. The zero-order valence-electron chi connectivity index (χ0n) is 9.62. The summed E-state index contributed by atoms with van der Waals surface area (Å²) in [5.74, 6) is 0.701. The third kappa shape index (κ3) is 5.65. The first kappa shape index (κ1) is 13.9. The van der Waals surface area contributed by atoms with E-state index in [1.54, 1.807) is 0 Å². The summed E-state index contributed by atoms with van der Waals surface area (Å²) in [6, 6.07) is 8.81. The number of hydrogen-bond acceptors (Lipinski definition) is 5. The van der Waals surface area contributed by atoms with Gasteiger partial charge in [-0.05, 0) is 12.1 Å². The number of benzene rings is 1. The molecular weight excluding hydrogens is 222 g/mol. The van der Waals surface area contributed by atoms with E-state index in [0.717, 1.165) is 0 Å². The Bertz CT molecular complexity index is 290. The summed E-state index contributed by atoms with van der Waals surface area (Å²) >= 11 is 0. The Morgan fingerprint density at radius 2 is 1.76 bits per heavy atom. The van der Waals surface area contributed by atoms with E-state index in [1.807, 2.05) is 30.3 Å². The monoisotopic (exact) mass is 241 g/mol. The van der Waals surface area contributed by atoms with Crippen LogP contribution < -0.4 is 10.1 Å². The summed E-state index contributed by atoms with van der Waals surface area (Å²) in [5.41, 5.74) is 0. The van der Waals surface area contributed by atoms with Crippen LogP contribution in [0.25, 0.3) is 0 Å². The van der Waals surface area contributed by atoms with E-state index in [9.17, 15) is 5.11 Å². The second-order valence-electron chi connectivity index (χ2n) is 3.75. The van der Waals surface area contributed by atoms with Gasteiger partial charge in [-0.3, -0.25) is 0 Å². The second-order valence-corrected chi connectivity index (χ2v) is 3.75. The van der Waals surface area contributed by atoms with Gasteiger partial charge in [0, 0.05) is 6.54 Å². The van der Waals surface area contributed by atoms with Crippen LogP contribution in [0.2, 0.25) is 0 Å². The molecule has 0 radical (unpaired) electrons. The van der Waals surface area contributed by atoms with Crippen LogP contribution in [0, 0.1) is 0 Å². The minimum absolute atomic E-state index is 0.164. The van der Waals surface area contributed by atoms with Crippen molar-refractivity contribution < 1.29 is 20.1 Å². The Kier molecular flexibility index (Phi) is 6.57. The van der Waals surface area contributed by atoms with E-state index in [0.29, 0.717) is 5.75 Å². The third-order valence-corrected chi connectivity index (χ3v) is 2.27. The molecule has 0 aliphatic carbocycles. The molecule has 1 atom stereocenters. The fourth-order valence-corrected chi connectivity index (χ4v) is 1.26. The zero-order chi connectivity index (χ0) is 12.5. The number of aliphatic hydroxyl groups is 3. The lowest BCUT2D eigenvalue weighted by atomic mass is 10.3. The Labute approximate surface area is 101 Å². The smallest absolute Gasteiger partial charge is 0.119 e. The number of nitrogens with one attached hydrogen (secondary N) is 1. The molecule has 0 amide bonds. The number of aliphatic hydroxyl groups excluding tert-OH is 3. The molecule has 96 valence electrons. The van der Waals surface area contributed by atoms with Crippen molar-refractivity contribution in [3.05, 3.63) is 30.3 Å². The number of hydrogen-bond donors (Lipinski definition) is 4. The lowest BCUT2D eigenvalue weighted by molar-refractivity contribution is 0.0929. The predicted octanol–water partition coefficient (Wildman–Crippen LogP) is -0.631. The van der Waals surface area contributed by atoms with E-state index in [4.69, 9.17) is 14.9 Å². The van der Waals surface area contributed by atoms with Crippen LogP contribution in [0.3, 0.4) is 0 Å². The molecule has 1 rings (SSSR count). The first-order chi connectivity index (χ1) is 8.26. The predicted molar refractivity (Wildman–Crippen MR) is 63.9 cm³/mol. The fourth-order valence-electron chi connectivity index (χ4n) is 1.26. The van der Waals surface area contributed by atoms with Gasteiger partial charge in [-0.2, -0.15) is 0 Å². The largest absolute Gasteiger partial charge is 0.491 e. The van der Waals surface area contributed by atoms with Crippen molar-refractivity contribution >= 4 is 0 Å². The first-order valence-electron chi connectivity index (χ1n) is 5.57. The molecule has 5 heteroatoms. The molecule has 1 unspecified atom stereocenters. The van der Waals surface area contributed by atoms with Gasteiger partial charge < -0.3 is 25.4 Å². The lowest BCUT2D eigenvalue weighted by Crippen LogP contribution is -2.41. The molecule has 1 aromatic carbocycles. The van der Waals surface area contributed by atoms with Crippen molar-refractivity contribution in [3.8, 4) is 5.75 Å². The fraction of sp³-hybridized carbons (Fsp3) is 0.500. The molecule has 0 aromatic heterocycles. The van der Waals surface area contributed by atoms with Gasteiger partial charge in [0.15, 0.2) is 0 Å². The first-order valence-corrected chi connectivity index (χ1v) is 5.57. The Hall–Kier alpha value is -1.14. The van der Waals surface area contributed by atoms with E-state index in [2.05, 4.69) is 5.32 Å². The molecule has 0 fully saturated rings. The van der Waals surface area contributed by atoms with Crippen LogP contribution in [-0.2, 0) is 0 Å². The van der Waals surface area contributed by atoms with Crippen LogP contribution in [-0.4, -0.2) is 53.8 Å². The lowest BCUT2D eigenvalue weighted by Gasteiger charge is -2.17. The minimum atomic E-state index is -0.684. The summed E-state index contributed by atoms with van der Waals surface area (Å²) < 4.78 is 5.35. The summed E-state index contributed by atoms with van der Waals surface area (Å²) in [5, 5.41) is 30.0. The molecule has 0 spiro atoms. The average Bonchev–Trinajstić information content (AvgIpc) is 2.39. The van der Waals surface area contributed by atoms with Crippen LogP contribution in [0.1, 0.15) is 0 Å². The Morgan fingerprint density at radius 3 is 2.35 bits per heavy atom. The van der Waals surface area contributed by atoms with Crippen LogP contribution in [0.4, 0.5) is 0 Å². The summed E-state index contributed by atoms with van der Waals surface area (Å²) in [6.07, 6.45) is -0.684. The van der Waals surface area contributed by atoms with Gasteiger partial charge >= 0.3 is 0 Å². The van der Waals surface area contributed by atoms with Crippen LogP contribution in [0.15, 0.2) is 30.3 Å². The Morgan fingerprint density at radius 1 is 1.12 bits per heavy atom. The van der Waals surface area contributed by atoms with Crippen molar-refractivity contribution in [1.82, 2.24) is 5.32 Å². The topological polar surface area (TPSA) is 82.0 Å².